The van der Waals surface area contributed by atoms with Gasteiger partial charge in [0.05, 0.1) is 19.4 Å². The summed E-state index contributed by atoms with van der Waals surface area (Å²) in [5, 5.41) is 6.55. The van der Waals surface area contributed by atoms with Crippen molar-refractivity contribution < 1.29 is 13.9 Å². The lowest BCUT2D eigenvalue weighted by atomic mass is 9.94. The Morgan fingerprint density at radius 2 is 1.96 bits per heavy atom. The van der Waals surface area contributed by atoms with Crippen LogP contribution in [0, 0.1) is 0 Å². The van der Waals surface area contributed by atoms with Gasteiger partial charge in [-0.05, 0) is 19.8 Å². The van der Waals surface area contributed by atoms with Crippen LogP contribution in [0.25, 0.3) is 0 Å². The number of aliphatic imine (C=N–C) groups is 1. The lowest BCUT2D eigenvalue weighted by Gasteiger charge is -2.13. The number of oxazole rings is 1. The van der Waals surface area contributed by atoms with Crippen molar-refractivity contribution >= 4 is 29.9 Å². The van der Waals surface area contributed by atoms with E-state index in [-0.39, 0.29) is 29.4 Å². The molecule has 1 aromatic heterocycles. The first-order valence-corrected chi connectivity index (χ1v) is 9.01. The van der Waals surface area contributed by atoms with Crippen molar-refractivity contribution in [3.63, 3.8) is 0 Å². The summed E-state index contributed by atoms with van der Waals surface area (Å²) in [6.45, 7) is 12.5. The van der Waals surface area contributed by atoms with E-state index in [0.29, 0.717) is 25.6 Å². The molecule has 0 saturated heterocycles. The van der Waals surface area contributed by atoms with E-state index in [1.165, 1.54) is 0 Å². The van der Waals surface area contributed by atoms with Crippen LogP contribution in [-0.4, -0.2) is 51.0 Å². The lowest BCUT2D eigenvalue weighted by molar-refractivity contribution is 0.0689. The smallest absolute Gasteiger partial charge is 0.216 e. The maximum atomic E-state index is 5.77. The Morgan fingerprint density at radius 3 is 2.58 bits per heavy atom. The molecular weight excluding hydrogens is 447 g/mol. The zero-order valence-electron chi connectivity index (χ0n) is 16.8. The van der Waals surface area contributed by atoms with Crippen molar-refractivity contribution in [2.24, 2.45) is 4.99 Å². The van der Waals surface area contributed by atoms with Crippen LogP contribution in [0.1, 0.15) is 52.2 Å². The standard InChI is InChI=1S/C18H34N4O3.HI/c1-6-19-17(20-9-7-8-10-24-12-11-23-5)22-14-16-21-13-15(25-16)18(2,3)4;/h13H,6-12,14H2,1-5H3,(H2,19,20,22);1H. The van der Waals surface area contributed by atoms with Gasteiger partial charge in [0, 0.05) is 32.2 Å². The number of hydrogen-bond donors (Lipinski definition) is 2. The quantitative estimate of drug-likeness (QED) is 0.219. The minimum absolute atomic E-state index is 0. The minimum Gasteiger partial charge on any atom is -0.443 e. The average molecular weight is 482 g/mol. The maximum absolute atomic E-state index is 5.77. The number of guanidine groups is 1. The van der Waals surface area contributed by atoms with Gasteiger partial charge in [-0.1, -0.05) is 20.8 Å². The Hall–Kier alpha value is -0.870. The fourth-order valence-electron chi connectivity index (χ4n) is 2.00. The van der Waals surface area contributed by atoms with E-state index in [4.69, 9.17) is 13.9 Å². The Labute approximate surface area is 174 Å². The molecule has 1 rings (SSSR count). The number of nitrogens with one attached hydrogen (secondary N) is 2. The van der Waals surface area contributed by atoms with E-state index in [0.717, 1.165) is 44.3 Å². The Bertz CT molecular complexity index is 501. The van der Waals surface area contributed by atoms with Crippen LogP contribution < -0.4 is 10.6 Å². The molecule has 0 radical (unpaired) electrons. The number of rotatable bonds is 11. The molecule has 0 atom stereocenters. The molecular formula is C18H35IN4O3. The summed E-state index contributed by atoms with van der Waals surface area (Å²) in [6, 6.07) is 0. The number of nitrogens with zero attached hydrogens (tertiary/aromatic N) is 2. The van der Waals surface area contributed by atoms with Crippen molar-refractivity contribution in [3.05, 3.63) is 17.8 Å². The van der Waals surface area contributed by atoms with E-state index in [9.17, 15) is 0 Å². The van der Waals surface area contributed by atoms with Crippen molar-refractivity contribution in [2.45, 2.75) is 52.5 Å². The molecule has 0 aliphatic rings. The molecule has 0 spiro atoms. The molecule has 8 heteroatoms. The van der Waals surface area contributed by atoms with Gasteiger partial charge in [0.15, 0.2) is 5.96 Å². The lowest BCUT2D eigenvalue weighted by Crippen LogP contribution is -2.37. The van der Waals surface area contributed by atoms with Crippen LogP contribution in [0.15, 0.2) is 15.6 Å². The SMILES string of the molecule is CCNC(=NCc1ncc(C(C)(C)C)o1)NCCCCOCCOC.I. The summed E-state index contributed by atoms with van der Waals surface area (Å²) in [5.74, 6) is 2.29. The van der Waals surface area contributed by atoms with E-state index < -0.39 is 0 Å². The molecule has 0 aliphatic carbocycles. The summed E-state index contributed by atoms with van der Waals surface area (Å²) < 4.78 is 16.1. The molecule has 7 nitrogen and oxygen atoms in total. The molecule has 0 bridgehead atoms. The Morgan fingerprint density at radius 1 is 1.19 bits per heavy atom. The van der Waals surface area contributed by atoms with Crippen molar-refractivity contribution in [3.8, 4) is 0 Å². The number of hydrogen-bond acceptors (Lipinski definition) is 5. The van der Waals surface area contributed by atoms with Crippen molar-refractivity contribution in [2.75, 3.05) is 40.0 Å². The van der Waals surface area contributed by atoms with Crippen LogP contribution in [-0.2, 0) is 21.4 Å². The number of methoxy groups -OCH3 is 1. The third kappa shape index (κ3) is 11.0. The molecule has 1 aromatic rings. The number of aromatic nitrogens is 1. The Kier molecular flexibility index (Phi) is 13.7. The fraction of sp³-hybridized carbons (Fsp3) is 0.778. The van der Waals surface area contributed by atoms with Gasteiger partial charge in [0.1, 0.15) is 12.3 Å². The second-order valence-electron chi connectivity index (χ2n) is 6.80. The highest BCUT2D eigenvalue weighted by Crippen LogP contribution is 2.22. The maximum Gasteiger partial charge on any atom is 0.216 e. The summed E-state index contributed by atoms with van der Waals surface area (Å²) >= 11 is 0. The molecule has 0 fully saturated rings. The predicted octanol–water partition coefficient (Wildman–Crippen LogP) is 3.09. The van der Waals surface area contributed by atoms with Gasteiger partial charge >= 0.3 is 0 Å². The Balaban J connectivity index is 0.00000625. The average Bonchev–Trinajstić information content (AvgIpc) is 3.04. The van der Waals surface area contributed by atoms with E-state index in [2.05, 4.69) is 41.4 Å². The van der Waals surface area contributed by atoms with E-state index in [1.807, 2.05) is 6.92 Å². The largest absolute Gasteiger partial charge is 0.443 e. The predicted molar refractivity (Wildman–Crippen MR) is 115 cm³/mol. The van der Waals surface area contributed by atoms with Crippen LogP contribution in [0.3, 0.4) is 0 Å². The highest BCUT2D eigenvalue weighted by atomic mass is 127. The number of halogens is 1. The third-order valence-corrected chi connectivity index (χ3v) is 3.45. The van der Waals surface area contributed by atoms with Gasteiger partial charge in [-0.15, -0.1) is 24.0 Å². The first kappa shape index (κ1) is 25.1. The number of unbranched alkanes of at least 4 members (excludes halogenated alkanes) is 1. The second kappa shape index (κ2) is 14.2. The molecule has 0 aliphatic heterocycles. The topological polar surface area (TPSA) is 80.9 Å². The van der Waals surface area contributed by atoms with Crippen LogP contribution in [0.2, 0.25) is 0 Å². The van der Waals surface area contributed by atoms with E-state index >= 15 is 0 Å². The number of ether oxygens (including phenoxy) is 2. The van der Waals surface area contributed by atoms with Gasteiger partial charge in [0.2, 0.25) is 5.89 Å². The summed E-state index contributed by atoms with van der Waals surface area (Å²) in [6.07, 6.45) is 3.81. The van der Waals surface area contributed by atoms with Gasteiger partial charge < -0.3 is 24.5 Å². The van der Waals surface area contributed by atoms with Gasteiger partial charge in [-0.25, -0.2) is 9.98 Å². The normalized spacial score (nSPS) is 12.0. The highest BCUT2D eigenvalue weighted by molar-refractivity contribution is 14.0. The van der Waals surface area contributed by atoms with Crippen LogP contribution >= 0.6 is 24.0 Å². The molecule has 0 aromatic carbocycles. The van der Waals surface area contributed by atoms with Crippen LogP contribution in [0.5, 0.6) is 0 Å². The fourth-order valence-corrected chi connectivity index (χ4v) is 2.00. The first-order chi connectivity index (χ1) is 12.0. The zero-order chi connectivity index (χ0) is 18.5. The monoisotopic (exact) mass is 482 g/mol. The molecule has 0 amide bonds. The minimum atomic E-state index is -0.0387. The summed E-state index contributed by atoms with van der Waals surface area (Å²) in [5.41, 5.74) is -0.0387. The van der Waals surface area contributed by atoms with E-state index in [1.54, 1.807) is 13.3 Å². The summed E-state index contributed by atoms with van der Waals surface area (Å²) in [4.78, 5) is 8.83. The highest BCUT2D eigenvalue weighted by Gasteiger charge is 2.18. The molecule has 0 unspecified atom stereocenters. The first-order valence-electron chi connectivity index (χ1n) is 9.01. The molecule has 2 N–H and O–H groups in total. The molecule has 26 heavy (non-hydrogen) atoms. The van der Waals surface area contributed by atoms with Crippen LogP contribution in [0.4, 0.5) is 0 Å². The third-order valence-electron chi connectivity index (χ3n) is 3.45. The van der Waals surface area contributed by atoms with Gasteiger partial charge in [-0.2, -0.15) is 0 Å². The molecule has 1 heterocycles. The second-order valence-corrected chi connectivity index (χ2v) is 6.80. The zero-order valence-corrected chi connectivity index (χ0v) is 19.1. The van der Waals surface area contributed by atoms with Crippen molar-refractivity contribution in [1.29, 1.82) is 0 Å². The van der Waals surface area contributed by atoms with Gasteiger partial charge in [0.25, 0.3) is 0 Å². The molecule has 0 saturated carbocycles. The molecule has 152 valence electrons. The summed E-state index contributed by atoms with van der Waals surface area (Å²) in [7, 11) is 1.68. The van der Waals surface area contributed by atoms with Crippen molar-refractivity contribution in [1.82, 2.24) is 15.6 Å². The van der Waals surface area contributed by atoms with Gasteiger partial charge in [-0.3, -0.25) is 0 Å².